The van der Waals surface area contributed by atoms with Gasteiger partial charge in [0.2, 0.25) is 5.90 Å². The maximum Gasteiger partial charge on any atom is 0.534 e. The summed E-state index contributed by atoms with van der Waals surface area (Å²) in [5, 5.41) is 4.51. The maximum atomic E-state index is 12.4. The van der Waals surface area contributed by atoms with E-state index in [1.165, 1.54) is 25.3 Å². The third kappa shape index (κ3) is 4.12. The Morgan fingerprint density at radius 1 is 1.48 bits per heavy atom. The third-order valence-corrected chi connectivity index (χ3v) is 4.16. The number of carbonyl (C=O) groups excluding carboxylic acids is 1. The van der Waals surface area contributed by atoms with E-state index in [9.17, 15) is 26.4 Å². The number of rotatable bonds is 4. The zero-order chi connectivity index (χ0) is 18.8. The molecule has 0 saturated carbocycles. The van der Waals surface area contributed by atoms with Crippen molar-refractivity contribution in [3.63, 3.8) is 0 Å². The number of halogens is 4. The number of hydrazone groups is 1. The van der Waals surface area contributed by atoms with E-state index in [2.05, 4.69) is 14.3 Å². The van der Waals surface area contributed by atoms with Gasteiger partial charge in [0.1, 0.15) is 0 Å². The second-order valence-electron chi connectivity index (χ2n) is 4.60. The highest BCUT2D eigenvalue weighted by molar-refractivity contribution is 7.88. The highest BCUT2D eigenvalue weighted by Gasteiger charge is 2.50. The normalized spacial score (nSPS) is 18.0. The van der Waals surface area contributed by atoms with E-state index in [1.807, 2.05) is 0 Å². The molecule has 0 radical (unpaired) electrons. The Morgan fingerprint density at radius 3 is 2.72 bits per heavy atom. The molecule has 0 aliphatic carbocycles. The second-order valence-corrected chi connectivity index (χ2v) is 6.55. The monoisotopic (exact) mass is 401 g/mol. The molecule has 1 aliphatic heterocycles. The van der Waals surface area contributed by atoms with E-state index >= 15 is 0 Å². The number of ether oxygens (including phenoxy) is 1. The maximum absolute atomic E-state index is 12.4. The summed E-state index contributed by atoms with van der Waals surface area (Å²) in [4.78, 5) is 15.9. The second kappa shape index (κ2) is 7.04. The van der Waals surface area contributed by atoms with Gasteiger partial charge < -0.3 is 8.92 Å². The Balaban J connectivity index is 2.37. The van der Waals surface area contributed by atoms with Crippen LogP contribution < -0.4 is 5.01 Å². The minimum absolute atomic E-state index is 0.00381. The van der Waals surface area contributed by atoms with Crippen molar-refractivity contribution in [2.45, 2.75) is 24.9 Å². The first kappa shape index (κ1) is 19.2. The topological polar surface area (TPSA) is 98.2 Å². The van der Waals surface area contributed by atoms with Crippen molar-refractivity contribution < 1.29 is 35.3 Å². The fraction of sp³-hybridized carbons (Fsp3) is 0.417. The summed E-state index contributed by atoms with van der Waals surface area (Å²) in [5.74, 6) is -1.75. The van der Waals surface area contributed by atoms with Crippen LogP contribution in [0.5, 0.6) is 0 Å². The molecule has 2 heterocycles. The van der Waals surface area contributed by atoms with Crippen LogP contribution in [-0.4, -0.2) is 43.4 Å². The molecular weight excluding hydrogens is 391 g/mol. The lowest BCUT2D eigenvalue weighted by molar-refractivity contribution is -0.144. The van der Waals surface area contributed by atoms with E-state index in [0.717, 1.165) is 5.01 Å². The summed E-state index contributed by atoms with van der Waals surface area (Å²) in [5.41, 5.74) is -5.63. The molecule has 1 unspecified atom stereocenters. The van der Waals surface area contributed by atoms with Crippen molar-refractivity contribution in [1.82, 2.24) is 4.98 Å². The number of nitrogens with zero attached hydrogens (tertiary/aromatic N) is 3. The van der Waals surface area contributed by atoms with Crippen molar-refractivity contribution in [1.29, 1.82) is 0 Å². The van der Waals surface area contributed by atoms with Crippen LogP contribution in [0, 0.1) is 0 Å². The van der Waals surface area contributed by atoms with Crippen LogP contribution in [0.15, 0.2) is 23.4 Å². The predicted molar refractivity (Wildman–Crippen MR) is 80.3 cm³/mol. The fourth-order valence-corrected chi connectivity index (χ4v) is 2.53. The number of anilines is 1. The molecule has 13 heteroatoms. The lowest BCUT2D eigenvalue weighted by atomic mass is 10.2. The quantitative estimate of drug-likeness (QED) is 0.432. The number of alkyl halides is 3. The van der Waals surface area contributed by atoms with Crippen molar-refractivity contribution in [3.8, 4) is 0 Å². The van der Waals surface area contributed by atoms with Gasteiger partial charge in [-0.1, -0.05) is 11.6 Å². The van der Waals surface area contributed by atoms with Gasteiger partial charge in [-0.15, -0.1) is 5.10 Å². The van der Waals surface area contributed by atoms with Crippen LogP contribution in [0.4, 0.5) is 19.0 Å². The molecule has 0 N–H and O–H groups in total. The third-order valence-electron chi connectivity index (χ3n) is 2.89. The molecule has 1 aliphatic rings. The van der Waals surface area contributed by atoms with Gasteiger partial charge in [0, 0.05) is 6.20 Å². The number of carbonyl (C=O) groups is 1. The lowest BCUT2D eigenvalue weighted by Crippen LogP contribution is -2.36. The number of hydrogen-bond acceptors (Lipinski definition) is 8. The molecule has 25 heavy (non-hydrogen) atoms. The van der Waals surface area contributed by atoms with Crippen molar-refractivity contribution in [3.05, 3.63) is 23.4 Å². The first-order chi connectivity index (χ1) is 11.6. The van der Waals surface area contributed by atoms with Crippen LogP contribution in [-0.2, 0) is 23.8 Å². The summed E-state index contributed by atoms with van der Waals surface area (Å²) in [7, 11) is -5.92. The van der Waals surface area contributed by atoms with Gasteiger partial charge in [0.05, 0.1) is 18.1 Å². The Hall–Kier alpha value is -2.08. The molecule has 8 nitrogen and oxygen atoms in total. The summed E-state index contributed by atoms with van der Waals surface area (Å²) in [6.07, 6.45) is 0.741. The SMILES string of the molecule is CCOC(=O)C1CC(OS(=O)(=O)C(F)(F)F)=NN1c1ncccc1Cl. The van der Waals surface area contributed by atoms with Gasteiger partial charge in [0.15, 0.2) is 11.9 Å². The van der Waals surface area contributed by atoms with Crippen molar-refractivity contribution in [2.24, 2.45) is 5.10 Å². The fourth-order valence-electron chi connectivity index (χ4n) is 1.87. The molecule has 1 atom stereocenters. The van der Waals surface area contributed by atoms with Crippen LogP contribution >= 0.6 is 11.6 Å². The molecule has 0 bridgehead atoms. The molecule has 1 aromatic heterocycles. The highest BCUT2D eigenvalue weighted by Crippen LogP contribution is 2.32. The van der Waals surface area contributed by atoms with Crippen LogP contribution in [0.1, 0.15) is 13.3 Å². The van der Waals surface area contributed by atoms with E-state index < -0.39 is 40.0 Å². The Morgan fingerprint density at radius 2 is 2.16 bits per heavy atom. The van der Waals surface area contributed by atoms with Crippen molar-refractivity contribution in [2.75, 3.05) is 11.6 Å². The summed E-state index contributed by atoms with van der Waals surface area (Å²) < 4.78 is 68.4. The molecule has 0 aromatic carbocycles. The van der Waals surface area contributed by atoms with Gasteiger partial charge in [0.25, 0.3) is 0 Å². The average molecular weight is 402 g/mol. The molecule has 0 amide bonds. The Labute approximate surface area is 145 Å². The van der Waals surface area contributed by atoms with Gasteiger partial charge in [-0.05, 0) is 19.1 Å². The van der Waals surface area contributed by atoms with E-state index in [4.69, 9.17) is 16.3 Å². The smallest absolute Gasteiger partial charge is 0.464 e. The zero-order valence-corrected chi connectivity index (χ0v) is 14.1. The highest BCUT2D eigenvalue weighted by atomic mass is 35.5. The number of pyridine rings is 1. The summed E-state index contributed by atoms with van der Waals surface area (Å²) >= 11 is 5.94. The number of aromatic nitrogens is 1. The average Bonchev–Trinajstić information content (AvgIpc) is 2.90. The van der Waals surface area contributed by atoms with Gasteiger partial charge >= 0.3 is 21.6 Å². The molecule has 0 fully saturated rings. The van der Waals surface area contributed by atoms with Crippen molar-refractivity contribution >= 4 is 39.4 Å². The van der Waals surface area contributed by atoms with Gasteiger partial charge in [-0.3, -0.25) is 0 Å². The first-order valence-electron chi connectivity index (χ1n) is 6.71. The molecule has 0 spiro atoms. The number of esters is 1. The molecule has 1 aromatic rings. The van der Waals surface area contributed by atoms with Crippen LogP contribution in [0.2, 0.25) is 5.02 Å². The minimum atomic E-state index is -5.92. The predicted octanol–water partition coefficient (Wildman–Crippen LogP) is 2.06. The molecule has 0 saturated heterocycles. The van der Waals surface area contributed by atoms with Gasteiger partial charge in [-0.2, -0.15) is 21.6 Å². The molecule has 2 rings (SSSR count). The van der Waals surface area contributed by atoms with Crippen LogP contribution in [0.25, 0.3) is 0 Å². The van der Waals surface area contributed by atoms with E-state index in [-0.39, 0.29) is 17.4 Å². The van der Waals surface area contributed by atoms with Gasteiger partial charge in [-0.25, -0.2) is 14.8 Å². The first-order valence-corrected chi connectivity index (χ1v) is 8.50. The van der Waals surface area contributed by atoms with Crippen LogP contribution in [0.3, 0.4) is 0 Å². The largest absolute Gasteiger partial charge is 0.534 e. The van der Waals surface area contributed by atoms with E-state index in [1.54, 1.807) is 0 Å². The molecule has 138 valence electrons. The Bertz CT molecular complexity index is 799. The Kier molecular flexibility index (Phi) is 5.42. The number of hydrogen-bond donors (Lipinski definition) is 0. The zero-order valence-electron chi connectivity index (χ0n) is 12.5. The minimum Gasteiger partial charge on any atom is -0.464 e. The molecular formula is C12H11ClF3N3O5S. The lowest BCUT2D eigenvalue weighted by Gasteiger charge is -2.20. The summed E-state index contributed by atoms with van der Waals surface area (Å²) in [6.45, 7) is 1.52. The van der Waals surface area contributed by atoms with E-state index in [0.29, 0.717) is 0 Å². The summed E-state index contributed by atoms with van der Waals surface area (Å²) in [6, 6.07) is 1.62. The standard InChI is InChI=1S/C12H11ClF3N3O5S/c1-2-23-11(20)8-6-9(24-25(21,22)12(14,15)16)18-19(8)10-7(13)4-3-5-17-10/h3-5,8H,2,6H2,1H3.